The Morgan fingerprint density at radius 2 is 2.25 bits per heavy atom. The van der Waals surface area contributed by atoms with Gasteiger partial charge in [0.2, 0.25) is 0 Å². The van der Waals surface area contributed by atoms with Gasteiger partial charge < -0.3 is 5.32 Å². The molecular weight excluding hydrogens is 226 g/mol. The van der Waals surface area contributed by atoms with Crippen molar-refractivity contribution in [2.45, 2.75) is 43.5 Å². The van der Waals surface area contributed by atoms with Crippen molar-refractivity contribution in [2.75, 3.05) is 0 Å². The third-order valence-electron chi connectivity index (χ3n) is 2.99. The molecular formula is C11H16ClN3O. The van der Waals surface area contributed by atoms with Crippen LogP contribution in [0.2, 0.25) is 0 Å². The zero-order chi connectivity index (χ0) is 11.4. The minimum Gasteiger partial charge on any atom is -0.347 e. The normalized spacial score (nSPS) is 26.1. The smallest absolute Gasteiger partial charge is 0.269 e. The zero-order valence-corrected chi connectivity index (χ0v) is 9.83. The molecule has 2 N–H and O–H groups in total. The van der Waals surface area contributed by atoms with Crippen LogP contribution in [-0.4, -0.2) is 27.5 Å². The summed E-state index contributed by atoms with van der Waals surface area (Å²) in [6.07, 6.45) is 7.02. The topological polar surface area (TPSA) is 57.8 Å². The van der Waals surface area contributed by atoms with Gasteiger partial charge in [-0.3, -0.25) is 9.89 Å². The van der Waals surface area contributed by atoms with Crippen LogP contribution in [0.4, 0.5) is 0 Å². The Kier molecular flexibility index (Phi) is 3.83. The van der Waals surface area contributed by atoms with E-state index in [9.17, 15) is 4.79 Å². The quantitative estimate of drug-likeness (QED) is 0.615. The summed E-state index contributed by atoms with van der Waals surface area (Å²) in [5.74, 6) is -0.116. The third kappa shape index (κ3) is 2.76. The fraction of sp³-hybridized carbons (Fsp3) is 0.636. The fourth-order valence-corrected chi connectivity index (χ4v) is 2.40. The highest BCUT2D eigenvalue weighted by atomic mass is 35.5. The average molecular weight is 242 g/mol. The summed E-state index contributed by atoms with van der Waals surface area (Å²) in [6, 6.07) is 1.75. The summed E-state index contributed by atoms with van der Waals surface area (Å²) in [5.41, 5.74) is 0.494. The van der Waals surface area contributed by atoms with Crippen molar-refractivity contribution in [1.82, 2.24) is 15.5 Å². The molecule has 0 saturated heterocycles. The lowest BCUT2D eigenvalue weighted by Crippen LogP contribution is -2.40. The summed E-state index contributed by atoms with van der Waals surface area (Å²) in [6.45, 7) is 0. The number of rotatable bonds is 2. The molecule has 5 heteroatoms. The van der Waals surface area contributed by atoms with E-state index < -0.39 is 0 Å². The van der Waals surface area contributed by atoms with Gasteiger partial charge in [-0.2, -0.15) is 5.10 Å². The van der Waals surface area contributed by atoms with Gasteiger partial charge in [0.1, 0.15) is 5.69 Å². The van der Waals surface area contributed by atoms with Crippen molar-refractivity contribution < 1.29 is 4.79 Å². The molecule has 0 aliphatic heterocycles. The number of halogens is 1. The fourth-order valence-electron chi connectivity index (χ4n) is 2.05. The molecule has 0 bridgehead atoms. The van der Waals surface area contributed by atoms with E-state index in [2.05, 4.69) is 15.5 Å². The number of aromatic amines is 1. The van der Waals surface area contributed by atoms with E-state index in [-0.39, 0.29) is 17.3 Å². The average Bonchev–Trinajstić information content (AvgIpc) is 2.73. The molecule has 0 radical (unpaired) electrons. The van der Waals surface area contributed by atoms with E-state index in [0.29, 0.717) is 5.69 Å². The Bertz CT molecular complexity index is 339. The third-order valence-corrected chi connectivity index (χ3v) is 3.52. The van der Waals surface area contributed by atoms with Crippen LogP contribution in [0.15, 0.2) is 12.3 Å². The molecule has 16 heavy (non-hydrogen) atoms. The number of carbonyl (C=O) groups excluding carboxylic acids is 1. The number of nitrogens with zero attached hydrogens (tertiary/aromatic N) is 1. The van der Waals surface area contributed by atoms with Crippen molar-refractivity contribution in [2.24, 2.45) is 0 Å². The van der Waals surface area contributed by atoms with Gasteiger partial charge in [-0.25, -0.2) is 0 Å². The number of H-pyrrole nitrogens is 1. The van der Waals surface area contributed by atoms with Crippen LogP contribution in [0.3, 0.4) is 0 Å². The molecule has 1 aromatic heterocycles. The van der Waals surface area contributed by atoms with Gasteiger partial charge in [-0.1, -0.05) is 19.3 Å². The molecule has 1 heterocycles. The minimum absolute atomic E-state index is 0.0503. The van der Waals surface area contributed by atoms with Gasteiger partial charge in [-0.05, 0) is 18.9 Å². The Morgan fingerprint density at radius 1 is 1.44 bits per heavy atom. The van der Waals surface area contributed by atoms with Gasteiger partial charge in [0.25, 0.3) is 5.91 Å². The van der Waals surface area contributed by atoms with Crippen LogP contribution >= 0.6 is 11.6 Å². The molecule has 4 nitrogen and oxygen atoms in total. The summed E-state index contributed by atoms with van der Waals surface area (Å²) in [7, 11) is 0. The molecule has 2 atom stereocenters. The summed E-state index contributed by atoms with van der Waals surface area (Å²) in [5, 5.41) is 9.43. The maximum atomic E-state index is 11.8. The van der Waals surface area contributed by atoms with E-state index in [1.54, 1.807) is 12.3 Å². The predicted octanol–water partition coefficient (Wildman–Crippen LogP) is 2.08. The van der Waals surface area contributed by atoms with Crippen LogP contribution in [0.25, 0.3) is 0 Å². The lowest BCUT2D eigenvalue weighted by molar-refractivity contribution is 0.0929. The van der Waals surface area contributed by atoms with Gasteiger partial charge in [0.15, 0.2) is 0 Å². The van der Waals surface area contributed by atoms with Crippen LogP contribution in [0, 0.1) is 0 Å². The van der Waals surface area contributed by atoms with Crippen molar-refractivity contribution in [3.63, 3.8) is 0 Å². The Hall–Kier alpha value is -1.03. The monoisotopic (exact) mass is 241 g/mol. The maximum Gasteiger partial charge on any atom is 0.269 e. The van der Waals surface area contributed by atoms with Gasteiger partial charge in [0, 0.05) is 12.2 Å². The van der Waals surface area contributed by atoms with Crippen LogP contribution in [0.5, 0.6) is 0 Å². The number of alkyl halides is 1. The van der Waals surface area contributed by atoms with Crippen LogP contribution in [-0.2, 0) is 0 Å². The minimum atomic E-state index is -0.116. The molecule has 1 aromatic rings. The molecule has 2 unspecified atom stereocenters. The number of hydrogen-bond acceptors (Lipinski definition) is 2. The second kappa shape index (κ2) is 5.34. The SMILES string of the molecule is O=C(NC1CCCCCC1Cl)c1ccn[nH]1. The number of aromatic nitrogens is 2. The van der Waals surface area contributed by atoms with E-state index in [0.717, 1.165) is 25.7 Å². The molecule has 2 rings (SSSR count). The first-order chi connectivity index (χ1) is 7.77. The molecule has 1 aliphatic rings. The molecule has 1 saturated carbocycles. The van der Waals surface area contributed by atoms with E-state index in [1.807, 2.05) is 0 Å². The van der Waals surface area contributed by atoms with Crippen molar-refractivity contribution >= 4 is 17.5 Å². The van der Waals surface area contributed by atoms with Gasteiger partial charge in [-0.15, -0.1) is 11.6 Å². The highest BCUT2D eigenvalue weighted by molar-refractivity contribution is 6.21. The molecule has 0 aromatic carbocycles. The van der Waals surface area contributed by atoms with E-state index in [4.69, 9.17) is 11.6 Å². The lowest BCUT2D eigenvalue weighted by atomic mass is 10.1. The van der Waals surface area contributed by atoms with Gasteiger partial charge >= 0.3 is 0 Å². The zero-order valence-electron chi connectivity index (χ0n) is 9.08. The second-order valence-corrected chi connectivity index (χ2v) is 4.76. The first-order valence-electron chi connectivity index (χ1n) is 5.71. The maximum absolute atomic E-state index is 11.8. The van der Waals surface area contributed by atoms with Crippen molar-refractivity contribution in [3.05, 3.63) is 18.0 Å². The molecule has 0 spiro atoms. The number of carbonyl (C=O) groups is 1. The number of amides is 1. The van der Waals surface area contributed by atoms with E-state index >= 15 is 0 Å². The first kappa shape index (κ1) is 11.5. The molecule has 1 fully saturated rings. The lowest BCUT2D eigenvalue weighted by Gasteiger charge is -2.20. The largest absolute Gasteiger partial charge is 0.347 e. The second-order valence-electron chi connectivity index (χ2n) is 4.20. The first-order valence-corrected chi connectivity index (χ1v) is 6.15. The molecule has 88 valence electrons. The van der Waals surface area contributed by atoms with Crippen LogP contribution in [0.1, 0.15) is 42.6 Å². The van der Waals surface area contributed by atoms with Crippen molar-refractivity contribution in [1.29, 1.82) is 0 Å². The number of nitrogens with one attached hydrogen (secondary N) is 2. The number of hydrogen-bond donors (Lipinski definition) is 2. The van der Waals surface area contributed by atoms with Crippen LogP contribution < -0.4 is 5.32 Å². The Balaban J connectivity index is 1.95. The molecule has 1 aliphatic carbocycles. The standard InChI is InChI=1S/C11H16ClN3O/c12-8-4-2-1-3-5-9(8)14-11(16)10-6-7-13-15-10/h6-9H,1-5H2,(H,13,15)(H,14,16). The predicted molar refractivity (Wildman–Crippen MR) is 62.6 cm³/mol. The highest BCUT2D eigenvalue weighted by Gasteiger charge is 2.23. The van der Waals surface area contributed by atoms with Crippen molar-refractivity contribution in [3.8, 4) is 0 Å². The molecule has 1 amide bonds. The van der Waals surface area contributed by atoms with E-state index in [1.165, 1.54) is 6.42 Å². The Labute approximate surface area is 99.8 Å². The summed E-state index contributed by atoms with van der Waals surface area (Å²) < 4.78 is 0. The summed E-state index contributed by atoms with van der Waals surface area (Å²) >= 11 is 6.25. The Morgan fingerprint density at radius 3 is 3.00 bits per heavy atom. The van der Waals surface area contributed by atoms with Gasteiger partial charge in [0.05, 0.1) is 5.38 Å². The highest BCUT2D eigenvalue weighted by Crippen LogP contribution is 2.22. The summed E-state index contributed by atoms with van der Waals surface area (Å²) in [4.78, 5) is 11.8.